The smallest absolute Gasteiger partial charge is 0.303 e. The number of benzene rings is 1. The summed E-state index contributed by atoms with van der Waals surface area (Å²) < 4.78 is 10.1. The molecule has 0 fully saturated rings. The Balaban J connectivity index is 1.96. The monoisotopic (exact) mass is 262 g/mol. The van der Waals surface area contributed by atoms with Crippen LogP contribution in [0.4, 0.5) is 0 Å². The van der Waals surface area contributed by atoms with E-state index in [1.165, 1.54) is 0 Å². The molecule has 0 amide bonds. The number of aliphatic carboxylic acids is 1. The van der Waals surface area contributed by atoms with Gasteiger partial charge in [-0.2, -0.15) is 4.98 Å². The number of nitrogens with zero attached hydrogens (tertiary/aromatic N) is 2. The second-order valence-electron chi connectivity index (χ2n) is 4.02. The summed E-state index contributed by atoms with van der Waals surface area (Å²) in [5.41, 5.74) is 1.02. The summed E-state index contributed by atoms with van der Waals surface area (Å²) in [7, 11) is 1.61. The minimum atomic E-state index is -0.874. The third-order valence-electron chi connectivity index (χ3n) is 2.59. The Kier molecular flexibility index (Phi) is 4.12. The molecular formula is C13H14N2O4. The van der Waals surface area contributed by atoms with Gasteiger partial charge in [0.2, 0.25) is 5.89 Å². The number of ether oxygens (including phenoxy) is 1. The van der Waals surface area contributed by atoms with Crippen LogP contribution in [0, 0.1) is 0 Å². The lowest BCUT2D eigenvalue weighted by Crippen LogP contribution is -1.99. The molecule has 6 heteroatoms. The van der Waals surface area contributed by atoms with Gasteiger partial charge in [-0.25, -0.2) is 0 Å². The van der Waals surface area contributed by atoms with Gasteiger partial charge in [0.1, 0.15) is 5.75 Å². The lowest BCUT2D eigenvalue weighted by molar-refractivity contribution is -0.137. The summed E-state index contributed by atoms with van der Waals surface area (Å²) >= 11 is 0. The average Bonchev–Trinajstić information content (AvgIpc) is 2.85. The van der Waals surface area contributed by atoms with Crippen molar-refractivity contribution < 1.29 is 19.2 Å². The molecule has 19 heavy (non-hydrogen) atoms. The molecule has 0 unspecified atom stereocenters. The van der Waals surface area contributed by atoms with Crippen LogP contribution in [0.3, 0.4) is 0 Å². The number of hydrogen-bond donors (Lipinski definition) is 1. The molecule has 0 saturated carbocycles. The molecule has 6 nitrogen and oxygen atoms in total. The van der Waals surface area contributed by atoms with Crippen molar-refractivity contribution in [1.29, 1.82) is 0 Å². The van der Waals surface area contributed by atoms with Crippen molar-refractivity contribution in [1.82, 2.24) is 10.1 Å². The van der Waals surface area contributed by atoms with Gasteiger partial charge in [-0.15, -0.1) is 0 Å². The van der Waals surface area contributed by atoms with Crippen molar-refractivity contribution in [3.63, 3.8) is 0 Å². The minimum Gasteiger partial charge on any atom is -0.497 e. The maximum absolute atomic E-state index is 10.4. The number of carboxylic acids is 1. The predicted molar refractivity (Wildman–Crippen MR) is 66.1 cm³/mol. The lowest BCUT2D eigenvalue weighted by Gasteiger charge is -2.00. The van der Waals surface area contributed by atoms with Crippen molar-refractivity contribution in [2.45, 2.75) is 19.3 Å². The van der Waals surface area contributed by atoms with E-state index in [1.807, 2.05) is 24.3 Å². The molecule has 0 spiro atoms. The summed E-state index contributed by atoms with van der Waals surface area (Å²) in [5.74, 6) is 0.814. The first-order valence-corrected chi connectivity index (χ1v) is 5.83. The van der Waals surface area contributed by atoms with E-state index < -0.39 is 5.97 Å². The zero-order valence-electron chi connectivity index (χ0n) is 10.5. The summed E-state index contributed by atoms with van der Waals surface area (Å²) in [4.78, 5) is 14.6. The third kappa shape index (κ3) is 3.80. The maximum atomic E-state index is 10.4. The van der Waals surface area contributed by atoms with Crippen LogP contribution in [0.1, 0.15) is 23.7 Å². The molecule has 1 heterocycles. The van der Waals surface area contributed by atoms with E-state index in [0.29, 0.717) is 18.1 Å². The maximum Gasteiger partial charge on any atom is 0.303 e. The molecule has 0 atom stereocenters. The van der Waals surface area contributed by atoms with Gasteiger partial charge >= 0.3 is 5.97 Å². The number of carboxylic acid groups (broad SMARTS) is 1. The van der Waals surface area contributed by atoms with Crippen LogP contribution in [0.25, 0.3) is 0 Å². The molecule has 0 bridgehead atoms. The van der Waals surface area contributed by atoms with E-state index in [1.54, 1.807) is 7.11 Å². The SMILES string of the molecule is COc1ccc(Cc2nc(CCC(=O)O)no2)cc1. The van der Waals surface area contributed by atoms with Crippen molar-refractivity contribution in [2.24, 2.45) is 0 Å². The van der Waals surface area contributed by atoms with Gasteiger partial charge in [0, 0.05) is 6.42 Å². The molecule has 1 aromatic carbocycles. The summed E-state index contributed by atoms with van der Waals surface area (Å²) in [6.07, 6.45) is 0.799. The number of hydrogen-bond acceptors (Lipinski definition) is 5. The molecule has 0 aliphatic rings. The van der Waals surface area contributed by atoms with Crippen LogP contribution in [0.5, 0.6) is 5.75 Å². The van der Waals surface area contributed by atoms with Gasteiger partial charge in [-0.05, 0) is 17.7 Å². The first kappa shape index (κ1) is 13.1. The van der Waals surface area contributed by atoms with Gasteiger partial charge < -0.3 is 14.4 Å². The summed E-state index contributed by atoms with van der Waals surface area (Å²) in [6.45, 7) is 0. The van der Waals surface area contributed by atoms with Crippen molar-refractivity contribution in [2.75, 3.05) is 7.11 Å². The Morgan fingerprint density at radius 3 is 2.74 bits per heavy atom. The van der Waals surface area contributed by atoms with Crippen molar-refractivity contribution >= 4 is 5.97 Å². The highest BCUT2D eigenvalue weighted by Gasteiger charge is 2.09. The number of aryl methyl sites for hydroxylation is 1. The Morgan fingerprint density at radius 1 is 1.37 bits per heavy atom. The largest absolute Gasteiger partial charge is 0.497 e. The predicted octanol–water partition coefficient (Wildman–Crippen LogP) is 1.69. The third-order valence-corrected chi connectivity index (χ3v) is 2.59. The highest BCUT2D eigenvalue weighted by molar-refractivity contribution is 5.66. The van der Waals surface area contributed by atoms with Gasteiger partial charge in [-0.3, -0.25) is 4.79 Å². The molecule has 1 aromatic heterocycles. The topological polar surface area (TPSA) is 85.5 Å². The number of aromatic nitrogens is 2. The second-order valence-corrected chi connectivity index (χ2v) is 4.02. The Labute approximate surface area is 110 Å². The fourth-order valence-electron chi connectivity index (χ4n) is 1.60. The highest BCUT2D eigenvalue weighted by Crippen LogP contribution is 2.14. The molecule has 0 aliphatic heterocycles. The second kappa shape index (κ2) is 5.99. The zero-order valence-corrected chi connectivity index (χ0v) is 10.5. The molecule has 2 aromatic rings. The molecule has 2 rings (SSSR count). The van der Waals surface area contributed by atoms with Crippen molar-refractivity contribution in [3.05, 3.63) is 41.5 Å². The van der Waals surface area contributed by atoms with E-state index in [4.69, 9.17) is 14.4 Å². The van der Waals surface area contributed by atoms with Gasteiger partial charge in [-0.1, -0.05) is 17.3 Å². The number of carbonyl (C=O) groups is 1. The number of rotatable bonds is 6. The number of methoxy groups -OCH3 is 1. The standard InChI is InChI=1S/C13H14N2O4/c1-18-10-4-2-9(3-5-10)8-12-14-11(15-19-12)6-7-13(16)17/h2-5H,6-8H2,1H3,(H,16,17). The van der Waals surface area contributed by atoms with Crippen LogP contribution >= 0.6 is 0 Å². The molecule has 0 saturated heterocycles. The van der Waals surface area contributed by atoms with E-state index in [2.05, 4.69) is 10.1 Å². The minimum absolute atomic E-state index is 0.00150. The van der Waals surface area contributed by atoms with Crippen LogP contribution < -0.4 is 4.74 Å². The zero-order chi connectivity index (χ0) is 13.7. The fraction of sp³-hybridized carbons (Fsp3) is 0.308. The first-order chi connectivity index (χ1) is 9.17. The first-order valence-electron chi connectivity index (χ1n) is 5.83. The molecule has 0 aliphatic carbocycles. The summed E-state index contributed by atoms with van der Waals surface area (Å²) in [6, 6.07) is 7.55. The van der Waals surface area contributed by atoms with Crippen molar-refractivity contribution in [3.8, 4) is 5.75 Å². The van der Waals surface area contributed by atoms with E-state index in [-0.39, 0.29) is 12.8 Å². The average molecular weight is 262 g/mol. The quantitative estimate of drug-likeness (QED) is 0.852. The Hall–Kier alpha value is -2.37. The van der Waals surface area contributed by atoms with Crippen LogP contribution in [0.15, 0.2) is 28.8 Å². The van der Waals surface area contributed by atoms with E-state index in [9.17, 15) is 4.79 Å². The van der Waals surface area contributed by atoms with E-state index in [0.717, 1.165) is 11.3 Å². The van der Waals surface area contributed by atoms with Crippen LogP contribution in [-0.4, -0.2) is 28.3 Å². The lowest BCUT2D eigenvalue weighted by atomic mass is 10.1. The van der Waals surface area contributed by atoms with Gasteiger partial charge in [0.15, 0.2) is 5.82 Å². The van der Waals surface area contributed by atoms with Crippen LogP contribution in [0.2, 0.25) is 0 Å². The van der Waals surface area contributed by atoms with Gasteiger partial charge in [0.25, 0.3) is 0 Å². The molecule has 100 valence electrons. The summed E-state index contributed by atoms with van der Waals surface area (Å²) in [5, 5.41) is 12.3. The fourth-order valence-corrected chi connectivity index (χ4v) is 1.60. The Morgan fingerprint density at radius 2 is 2.11 bits per heavy atom. The molecule has 1 N–H and O–H groups in total. The molecular weight excluding hydrogens is 248 g/mol. The highest BCUT2D eigenvalue weighted by atomic mass is 16.5. The van der Waals surface area contributed by atoms with Gasteiger partial charge in [0.05, 0.1) is 20.0 Å². The van der Waals surface area contributed by atoms with Crippen LogP contribution in [-0.2, 0) is 17.6 Å². The Bertz CT molecular complexity index is 548. The molecule has 0 radical (unpaired) electrons. The van der Waals surface area contributed by atoms with E-state index >= 15 is 0 Å². The normalized spacial score (nSPS) is 10.4.